The maximum Gasteiger partial charge on any atom is 0.240 e. The van der Waals surface area contributed by atoms with Gasteiger partial charge in [-0.2, -0.15) is 0 Å². The lowest BCUT2D eigenvalue weighted by Gasteiger charge is -2.07. The van der Waals surface area contributed by atoms with Gasteiger partial charge < -0.3 is 5.32 Å². The van der Waals surface area contributed by atoms with Gasteiger partial charge in [0.25, 0.3) is 0 Å². The first-order valence-electron chi connectivity index (χ1n) is 7.05. The minimum absolute atomic E-state index is 0.0675. The molecule has 2 rings (SSSR count). The Hall–Kier alpha value is -2.25. The number of carbonyl (C=O) groups is 1. The van der Waals surface area contributed by atoms with Crippen LogP contribution in [0.1, 0.15) is 12.5 Å². The average Bonchev–Trinajstić information content (AvgIpc) is 2.47. The number of anilines is 1. The summed E-state index contributed by atoms with van der Waals surface area (Å²) >= 11 is 0. The number of nitrogens with one attached hydrogen (secondary N) is 2. The summed E-state index contributed by atoms with van der Waals surface area (Å²) in [5, 5.41) is 2.59. The summed E-state index contributed by atoms with van der Waals surface area (Å²) in [6.45, 7) is 2.00. The number of carbonyl (C=O) groups excluding carboxylic acids is 1. The monoisotopic (exact) mass is 336 g/mol. The van der Waals surface area contributed by atoms with E-state index in [0.29, 0.717) is 17.8 Å². The second kappa shape index (κ2) is 7.34. The van der Waals surface area contributed by atoms with Gasteiger partial charge in [-0.15, -0.1) is 0 Å². The van der Waals surface area contributed by atoms with Gasteiger partial charge in [-0.3, -0.25) is 4.79 Å². The quantitative estimate of drug-likeness (QED) is 0.850. The highest BCUT2D eigenvalue weighted by molar-refractivity contribution is 7.89. The van der Waals surface area contributed by atoms with Crippen molar-refractivity contribution in [1.82, 2.24) is 4.72 Å². The van der Waals surface area contributed by atoms with Gasteiger partial charge in [-0.25, -0.2) is 17.5 Å². The zero-order valence-electron chi connectivity index (χ0n) is 12.5. The Balaban J connectivity index is 2.02. The van der Waals surface area contributed by atoms with E-state index in [1.807, 2.05) is 0 Å². The SMILES string of the molecule is CCNS(=O)(=O)c1ccc(CC(=O)Nc2cccc(F)c2)cc1. The van der Waals surface area contributed by atoms with E-state index in [-0.39, 0.29) is 17.2 Å². The average molecular weight is 336 g/mol. The molecule has 5 nitrogen and oxygen atoms in total. The Morgan fingerprint density at radius 1 is 1.13 bits per heavy atom. The van der Waals surface area contributed by atoms with Crippen LogP contribution in [0.4, 0.5) is 10.1 Å². The predicted molar refractivity (Wildman–Crippen MR) is 86.0 cm³/mol. The molecule has 0 fully saturated rings. The van der Waals surface area contributed by atoms with Crippen LogP contribution in [0.2, 0.25) is 0 Å². The summed E-state index contributed by atoms with van der Waals surface area (Å²) in [5.74, 6) is -0.737. The molecule has 2 aromatic carbocycles. The van der Waals surface area contributed by atoms with Crippen LogP contribution in [0.5, 0.6) is 0 Å². The Labute approximate surface area is 134 Å². The van der Waals surface area contributed by atoms with Gasteiger partial charge >= 0.3 is 0 Å². The molecule has 7 heteroatoms. The fourth-order valence-electron chi connectivity index (χ4n) is 2.02. The highest BCUT2D eigenvalue weighted by Gasteiger charge is 2.12. The number of amides is 1. The van der Waals surface area contributed by atoms with Crippen molar-refractivity contribution in [3.8, 4) is 0 Å². The summed E-state index contributed by atoms with van der Waals surface area (Å²) < 4.78 is 39.1. The molecule has 0 saturated heterocycles. The molecule has 0 atom stereocenters. The zero-order chi connectivity index (χ0) is 16.9. The van der Waals surface area contributed by atoms with E-state index < -0.39 is 15.8 Å². The van der Waals surface area contributed by atoms with Gasteiger partial charge in [0.05, 0.1) is 11.3 Å². The van der Waals surface area contributed by atoms with Crippen LogP contribution < -0.4 is 10.0 Å². The Morgan fingerprint density at radius 3 is 2.43 bits per heavy atom. The van der Waals surface area contributed by atoms with Gasteiger partial charge in [0.2, 0.25) is 15.9 Å². The standard InChI is InChI=1S/C16H17FN2O3S/c1-2-18-23(21,22)15-8-6-12(7-9-15)10-16(20)19-14-5-3-4-13(17)11-14/h3-9,11,18H,2,10H2,1H3,(H,19,20). The van der Waals surface area contributed by atoms with E-state index >= 15 is 0 Å². The molecular weight excluding hydrogens is 319 g/mol. The van der Waals surface area contributed by atoms with Crippen LogP contribution in [0, 0.1) is 5.82 Å². The second-order valence-corrected chi connectivity index (χ2v) is 6.65. The summed E-state index contributed by atoms with van der Waals surface area (Å²) in [4.78, 5) is 12.1. The molecule has 0 bridgehead atoms. The highest BCUT2D eigenvalue weighted by Crippen LogP contribution is 2.13. The van der Waals surface area contributed by atoms with Crippen LogP contribution >= 0.6 is 0 Å². The van der Waals surface area contributed by atoms with E-state index in [1.165, 1.54) is 30.3 Å². The summed E-state index contributed by atoms with van der Waals surface area (Å²) in [6, 6.07) is 11.7. The smallest absolute Gasteiger partial charge is 0.240 e. The fraction of sp³-hybridized carbons (Fsp3) is 0.188. The summed E-state index contributed by atoms with van der Waals surface area (Å²) in [7, 11) is -3.50. The maximum absolute atomic E-state index is 13.0. The lowest BCUT2D eigenvalue weighted by Crippen LogP contribution is -2.23. The van der Waals surface area contributed by atoms with Crippen LogP contribution in [-0.2, 0) is 21.2 Å². The van der Waals surface area contributed by atoms with Gasteiger partial charge in [-0.05, 0) is 35.9 Å². The van der Waals surface area contributed by atoms with E-state index in [2.05, 4.69) is 10.0 Å². The minimum Gasteiger partial charge on any atom is -0.326 e. The molecule has 0 aliphatic heterocycles. The van der Waals surface area contributed by atoms with Crippen molar-refractivity contribution in [2.75, 3.05) is 11.9 Å². The zero-order valence-corrected chi connectivity index (χ0v) is 13.4. The van der Waals surface area contributed by atoms with E-state index in [9.17, 15) is 17.6 Å². The van der Waals surface area contributed by atoms with E-state index in [4.69, 9.17) is 0 Å². The van der Waals surface area contributed by atoms with Crippen molar-refractivity contribution in [2.24, 2.45) is 0 Å². The van der Waals surface area contributed by atoms with Crippen LogP contribution in [-0.4, -0.2) is 20.9 Å². The molecule has 0 aromatic heterocycles. The third-order valence-corrected chi connectivity index (χ3v) is 4.60. The van der Waals surface area contributed by atoms with E-state index in [0.717, 1.165) is 0 Å². The topological polar surface area (TPSA) is 75.3 Å². The first kappa shape index (κ1) is 17.1. The molecule has 0 saturated carbocycles. The first-order chi connectivity index (χ1) is 10.9. The molecule has 0 heterocycles. The molecule has 122 valence electrons. The third kappa shape index (κ3) is 4.87. The lowest BCUT2D eigenvalue weighted by molar-refractivity contribution is -0.115. The van der Waals surface area contributed by atoms with Crippen molar-refractivity contribution in [2.45, 2.75) is 18.2 Å². The van der Waals surface area contributed by atoms with Crippen LogP contribution in [0.25, 0.3) is 0 Å². The summed E-state index contributed by atoms with van der Waals surface area (Å²) in [6.07, 6.45) is 0.0675. The number of hydrogen-bond acceptors (Lipinski definition) is 3. The Kier molecular flexibility index (Phi) is 5.46. The predicted octanol–water partition coefficient (Wildman–Crippen LogP) is 2.31. The fourth-order valence-corrected chi connectivity index (χ4v) is 3.06. The number of benzene rings is 2. The van der Waals surface area contributed by atoms with Gasteiger partial charge in [0.15, 0.2) is 0 Å². The lowest BCUT2D eigenvalue weighted by atomic mass is 10.1. The van der Waals surface area contributed by atoms with Crippen molar-refractivity contribution >= 4 is 21.6 Å². The van der Waals surface area contributed by atoms with Crippen LogP contribution in [0.15, 0.2) is 53.4 Å². The minimum atomic E-state index is -3.50. The molecule has 0 unspecified atom stereocenters. The molecular formula is C16H17FN2O3S. The molecule has 0 aliphatic carbocycles. The largest absolute Gasteiger partial charge is 0.326 e. The molecule has 2 N–H and O–H groups in total. The van der Waals surface area contributed by atoms with Crippen molar-refractivity contribution in [1.29, 1.82) is 0 Å². The number of rotatable bonds is 6. The molecule has 2 aromatic rings. The Morgan fingerprint density at radius 2 is 1.83 bits per heavy atom. The normalized spacial score (nSPS) is 11.2. The first-order valence-corrected chi connectivity index (χ1v) is 8.53. The number of hydrogen-bond donors (Lipinski definition) is 2. The molecule has 1 amide bonds. The van der Waals surface area contributed by atoms with Crippen molar-refractivity contribution in [3.63, 3.8) is 0 Å². The molecule has 0 radical (unpaired) electrons. The van der Waals surface area contributed by atoms with Gasteiger partial charge in [0.1, 0.15) is 5.82 Å². The highest BCUT2D eigenvalue weighted by atomic mass is 32.2. The third-order valence-electron chi connectivity index (χ3n) is 3.04. The molecule has 0 aliphatic rings. The van der Waals surface area contributed by atoms with E-state index in [1.54, 1.807) is 25.1 Å². The Bertz CT molecular complexity index is 789. The number of sulfonamides is 1. The van der Waals surface area contributed by atoms with Crippen molar-refractivity contribution < 1.29 is 17.6 Å². The van der Waals surface area contributed by atoms with Gasteiger partial charge in [-0.1, -0.05) is 25.1 Å². The van der Waals surface area contributed by atoms with Crippen molar-refractivity contribution in [3.05, 3.63) is 59.9 Å². The molecule has 0 spiro atoms. The molecule has 23 heavy (non-hydrogen) atoms. The number of halogens is 1. The summed E-state index contributed by atoms with van der Waals surface area (Å²) in [5.41, 5.74) is 1.04. The second-order valence-electron chi connectivity index (χ2n) is 4.88. The van der Waals surface area contributed by atoms with Gasteiger partial charge in [0, 0.05) is 12.2 Å². The van der Waals surface area contributed by atoms with Crippen LogP contribution in [0.3, 0.4) is 0 Å². The maximum atomic E-state index is 13.0.